The van der Waals surface area contributed by atoms with Gasteiger partial charge in [0.1, 0.15) is 6.54 Å². The van der Waals surface area contributed by atoms with Crippen molar-refractivity contribution in [3.63, 3.8) is 0 Å². The molecule has 0 atom stereocenters. The number of hydrogen-bond acceptors (Lipinski definition) is 6. The first-order valence-electron chi connectivity index (χ1n) is 5.71. The summed E-state index contributed by atoms with van der Waals surface area (Å²) in [6, 6.07) is 5.92. The third kappa shape index (κ3) is 1.83. The standard InChI is InChI=1S/C11H8N4O4S/c16-14(17)8-4-2-1-3-7(8)9-10(15(18)19)13-5-6-20-11(13)12-9/h1-4H,5-6H2. The first-order chi connectivity index (χ1) is 9.59. The highest BCUT2D eigenvalue weighted by atomic mass is 32.2. The van der Waals surface area contributed by atoms with E-state index in [4.69, 9.17) is 0 Å². The predicted molar refractivity (Wildman–Crippen MR) is 71.7 cm³/mol. The monoisotopic (exact) mass is 292 g/mol. The van der Waals surface area contributed by atoms with E-state index >= 15 is 0 Å². The number of fused-ring (bicyclic) bond motifs is 1. The molecular weight excluding hydrogens is 284 g/mol. The van der Waals surface area contributed by atoms with Crippen molar-refractivity contribution in [1.82, 2.24) is 9.55 Å². The maximum atomic E-state index is 11.3. The van der Waals surface area contributed by atoms with Crippen molar-refractivity contribution in [3.05, 3.63) is 44.5 Å². The fourth-order valence-corrected chi connectivity index (χ4v) is 3.11. The van der Waals surface area contributed by atoms with Crippen LogP contribution in [-0.4, -0.2) is 25.2 Å². The summed E-state index contributed by atoms with van der Waals surface area (Å²) >= 11 is 1.41. The maximum Gasteiger partial charge on any atom is 0.351 e. The second kappa shape index (κ2) is 4.60. The minimum atomic E-state index is -0.559. The van der Waals surface area contributed by atoms with Crippen LogP contribution in [0.25, 0.3) is 11.3 Å². The van der Waals surface area contributed by atoms with Crippen LogP contribution in [0.15, 0.2) is 29.4 Å². The zero-order chi connectivity index (χ0) is 14.3. The van der Waals surface area contributed by atoms with Crippen LogP contribution in [0.1, 0.15) is 0 Å². The molecule has 0 radical (unpaired) electrons. The summed E-state index contributed by atoms with van der Waals surface area (Å²) < 4.78 is 1.50. The van der Waals surface area contributed by atoms with Gasteiger partial charge in [-0.05, 0) is 11.0 Å². The third-order valence-corrected chi connectivity index (χ3v) is 3.94. The average Bonchev–Trinajstić information content (AvgIpc) is 2.97. The van der Waals surface area contributed by atoms with Crippen LogP contribution in [0.5, 0.6) is 0 Å². The van der Waals surface area contributed by atoms with Gasteiger partial charge in [0.05, 0.1) is 10.5 Å². The first-order valence-corrected chi connectivity index (χ1v) is 6.69. The van der Waals surface area contributed by atoms with E-state index in [-0.39, 0.29) is 22.8 Å². The molecule has 1 aromatic heterocycles. The summed E-state index contributed by atoms with van der Waals surface area (Å²) in [4.78, 5) is 25.4. The van der Waals surface area contributed by atoms with Gasteiger partial charge in [0, 0.05) is 11.8 Å². The van der Waals surface area contributed by atoms with Crippen LogP contribution in [0.3, 0.4) is 0 Å². The van der Waals surface area contributed by atoms with Crippen molar-refractivity contribution in [2.75, 3.05) is 5.75 Å². The van der Waals surface area contributed by atoms with E-state index in [1.165, 1.54) is 34.5 Å². The van der Waals surface area contributed by atoms with Crippen LogP contribution < -0.4 is 0 Å². The molecule has 8 nitrogen and oxygen atoms in total. The number of nitro benzene ring substituents is 1. The highest BCUT2D eigenvalue weighted by molar-refractivity contribution is 7.99. The molecule has 0 saturated heterocycles. The summed E-state index contributed by atoms with van der Waals surface area (Å²) in [6.45, 7) is 0.490. The molecule has 0 aliphatic carbocycles. The van der Waals surface area contributed by atoms with Crippen LogP contribution in [0.2, 0.25) is 0 Å². The highest BCUT2D eigenvalue weighted by Crippen LogP contribution is 2.40. The number of hydrogen-bond donors (Lipinski definition) is 0. The number of aromatic nitrogens is 2. The van der Waals surface area contributed by atoms with Gasteiger partial charge in [-0.15, -0.1) is 0 Å². The second-order valence-corrected chi connectivity index (χ2v) is 5.16. The lowest BCUT2D eigenvalue weighted by Crippen LogP contribution is -2.02. The number of thioether (sulfide) groups is 1. The number of benzene rings is 1. The highest BCUT2D eigenvalue weighted by Gasteiger charge is 2.34. The number of para-hydroxylation sites is 1. The molecule has 1 aliphatic heterocycles. The number of nitrogens with zero attached hydrogens (tertiary/aromatic N) is 4. The van der Waals surface area contributed by atoms with Crippen molar-refractivity contribution in [2.24, 2.45) is 0 Å². The third-order valence-electron chi connectivity index (χ3n) is 2.98. The van der Waals surface area contributed by atoms with E-state index in [1.54, 1.807) is 6.07 Å². The molecule has 20 heavy (non-hydrogen) atoms. The topological polar surface area (TPSA) is 104 Å². The van der Waals surface area contributed by atoms with Gasteiger partial charge in [0.15, 0.2) is 5.69 Å². The molecule has 0 spiro atoms. The molecule has 0 amide bonds. The second-order valence-electron chi connectivity index (χ2n) is 4.10. The average molecular weight is 292 g/mol. The van der Waals surface area contributed by atoms with Crippen LogP contribution in [-0.2, 0) is 6.54 Å². The Bertz CT molecular complexity index is 727. The van der Waals surface area contributed by atoms with Crippen molar-refractivity contribution < 1.29 is 9.85 Å². The Kier molecular flexibility index (Phi) is 2.90. The lowest BCUT2D eigenvalue weighted by molar-refractivity contribution is -0.392. The number of nitro groups is 2. The van der Waals surface area contributed by atoms with Gasteiger partial charge in [0.2, 0.25) is 0 Å². The van der Waals surface area contributed by atoms with E-state index in [2.05, 4.69) is 4.98 Å². The minimum absolute atomic E-state index is 0.0597. The summed E-state index contributed by atoms with van der Waals surface area (Å²) in [7, 11) is 0. The Hall–Kier alpha value is -2.42. The zero-order valence-electron chi connectivity index (χ0n) is 10.1. The van der Waals surface area contributed by atoms with Crippen LogP contribution in [0, 0.1) is 20.2 Å². The Morgan fingerprint density at radius 2 is 1.95 bits per heavy atom. The van der Waals surface area contributed by atoms with Crippen molar-refractivity contribution in [1.29, 1.82) is 0 Å². The molecule has 0 N–H and O–H groups in total. The van der Waals surface area contributed by atoms with Crippen LogP contribution in [0.4, 0.5) is 11.5 Å². The fourth-order valence-electron chi connectivity index (χ4n) is 2.16. The van der Waals surface area contributed by atoms with Gasteiger partial charge in [-0.2, -0.15) is 9.55 Å². The Morgan fingerprint density at radius 3 is 2.65 bits per heavy atom. The van der Waals surface area contributed by atoms with Crippen molar-refractivity contribution in [3.8, 4) is 11.3 Å². The molecule has 0 fully saturated rings. The van der Waals surface area contributed by atoms with Gasteiger partial charge >= 0.3 is 5.82 Å². The van der Waals surface area contributed by atoms with Crippen molar-refractivity contribution >= 4 is 23.3 Å². The Balaban J connectivity index is 2.26. The molecule has 0 unspecified atom stereocenters. The number of imidazole rings is 1. The largest absolute Gasteiger partial charge is 0.358 e. The molecule has 2 aromatic rings. The quantitative estimate of drug-likeness (QED) is 0.635. The molecule has 0 bridgehead atoms. The van der Waals surface area contributed by atoms with Gasteiger partial charge in [-0.25, -0.2) is 0 Å². The zero-order valence-corrected chi connectivity index (χ0v) is 10.9. The maximum absolute atomic E-state index is 11.3. The lowest BCUT2D eigenvalue weighted by Gasteiger charge is -2.01. The molecule has 3 rings (SSSR count). The minimum Gasteiger partial charge on any atom is -0.358 e. The smallest absolute Gasteiger partial charge is 0.351 e. The summed E-state index contributed by atoms with van der Waals surface area (Å²) in [5.74, 6) is 0.541. The lowest BCUT2D eigenvalue weighted by atomic mass is 10.1. The van der Waals surface area contributed by atoms with Gasteiger partial charge in [-0.1, -0.05) is 23.9 Å². The molecule has 102 valence electrons. The van der Waals surface area contributed by atoms with Crippen LogP contribution >= 0.6 is 11.8 Å². The molecular formula is C11H8N4O4S. The summed E-state index contributed by atoms with van der Waals surface area (Å²) in [5.41, 5.74) is 0.0496. The fraction of sp³-hybridized carbons (Fsp3) is 0.182. The SMILES string of the molecule is O=[N+]([O-])c1ccccc1-c1nc2n(c1[N+](=O)[O-])CCS2. The molecule has 1 aromatic carbocycles. The van der Waals surface area contributed by atoms with E-state index in [0.717, 1.165) is 5.75 Å². The predicted octanol–water partition coefficient (Wildman–Crippen LogP) is 2.47. The molecule has 9 heteroatoms. The Labute approximate surface area is 116 Å². The number of rotatable bonds is 3. The van der Waals surface area contributed by atoms with Gasteiger partial charge in [0.25, 0.3) is 10.8 Å². The van der Waals surface area contributed by atoms with E-state index in [1.807, 2.05) is 0 Å². The van der Waals surface area contributed by atoms with Gasteiger partial charge < -0.3 is 10.1 Å². The molecule has 1 aliphatic rings. The molecule has 2 heterocycles. The van der Waals surface area contributed by atoms with Crippen molar-refractivity contribution in [2.45, 2.75) is 11.7 Å². The van der Waals surface area contributed by atoms with Gasteiger partial charge in [-0.3, -0.25) is 10.1 Å². The first kappa shape index (κ1) is 12.6. The van der Waals surface area contributed by atoms with E-state index in [9.17, 15) is 20.2 Å². The molecule has 0 saturated carbocycles. The Morgan fingerprint density at radius 1 is 1.20 bits per heavy atom. The summed E-state index contributed by atoms with van der Waals surface area (Å²) in [6.07, 6.45) is 0. The van der Waals surface area contributed by atoms with E-state index < -0.39 is 9.85 Å². The summed E-state index contributed by atoms with van der Waals surface area (Å²) in [5, 5.41) is 22.8. The van der Waals surface area contributed by atoms with E-state index in [0.29, 0.717) is 11.7 Å². The normalized spacial score (nSPS) is 13.2.